The fraction of sp³-hybridized carbons (Fsp3) is 0.231. The summed E-state index contributed by atoms with van der Waals surface area (Å²) >= 11 is 0. The lowest BCUT2D eigenvalue weighted by atomic mass is 10.2. The van der Waals surface area contributed by atoms with Crippen LogP contribution in [0.1, 0.15) is 18.7 Å². The first-order chi connectivity index (χ1) is 11.6. The number of benzene rings is 1. The number of nitrogens with one attached hydrogen (secondary N) is 1. The van der Waals surface area contributed by atoms with E-state index in [-0.39, 0.29) is 5.69 Å². The number of carbonyl (C=O) groups is 1. The van der Waals surface area contributed by atoms with E-state index in [0.29, 0.717) is 0 Å². The van der Waals surface area contributed by atoms with E-state index in [1.807, 2.05) is 0 Å². The van der Waals surface area contributed by atoms with Crippen molar-refractivity contribution in [1.82, 2.24) is 9.78 Å². The minimum atomic E-state index is -2.36. The third-order valence-corrected chi connectivity index (χ3v) is 3.42. The van der Waals surface area contributed by atoms with Crippen LogP contribution in [0.5, 0.6) is 0 Å². The van der Waals surface area contributed by atoms with Crippen molar-refractivity contribution in [2.24, 2.45) is 0 Å². The largest absolute Gasteiger partial charge is 0.319 e. The monoisotopic (exact) mass is 364 g/mol. The van der Waals surface area contributed by atoms with Gasteiger partial charge < -0.3 is 5.32 Å². The van der Waals surface area contributed by atoms with Gasteiger partial charge in [0.25, 0.3) is 0 Å². The molecule has 25 heavy (non-hydrogen) atoms. The lowest BCUT2D eigenvalue weighted by Gasteiger charge is -2.15. The van der Waals surface area contributed by atoms with E-state index in [1.54, 1.807) is 5.32 Å². The highest BCUT2D eigenvalue weighted by atomic mass is 19.2. The Morgan fingerprint density at radius 3 is 2.08 bits per heavy atom. The zero-order valence-corrected chi connectivity index (χ0v) is 12.6. The lowest BCUT2D eigenvalue weighted by Crippen LogP contribution is -2.26. The molecular formula is C13H9F5N4O3. The lowest BCUT2D eigenvalue weighted by molar-refractivity contribution is -0.385. The minimum Gasteiger partial charge on any atom is -0.319 e. The summed E-state index contributed by atoms with van der Waals surface area (Å²) < 4.78 is 67.2. The van der Waals surface area contributed by atoms with Gasteiger partial charge in [-0.3, -0.25) is 19.6 Å². The number of rotatable bonds is 4. The van der Waals surface area contributed by atoms with Crippen LogP contribution in [0.2, 0.25) is 0 Å². The van der Waals surface area contributed by atoms with Crippen molar-refractivity contribution in [2.45, 2.75) is 19.9 Å². The molecule has 0 aliphatic heterocycles. The van der Waals surface area contributed by atoms with Crippen LogP contribution in [0.15, 0.2) is 6.20 Å². The Hall–Kier alpha value is -3.05. The molecule has 1 atom stereocenters. The molecular weight excluding hydrogens is 355 g/mol. The number of carbonyl (C=O) groups excluding carboxylic acids is 1. The summed E-state index contributed by atoms with van der Waals surface area (Å²) in [5, 5.41) is 15.9. The van der Waals surface area contributed by atoms with Crippen molar-refractivity contribution in [3.8, 4) is 0 Å². The van der Waals surface area contributed by atoms with Crippen LogP contribution >= 0.6 is 0 Å². The number of nitro groups is 1. The van der Waals surface area contributed by atoms with E-state index in [2.05, 4.69) is 5.10 Å². The number of nitrogens with zero attached hydrogens (tertiary/aromatic N) is 3. The summed E-state index contributed by atoms with van der Waals surface area (Å²) in [6.07, 6.45) is 0.859. The molecule has 0 aliphatic rings. The summed E-state index contributed by atoms with van der Waals surface area (Å²) in [5.41, 5.74) is -1.96. The first-order valence-corrected chi connectivity index (χ1v) is 6.58. The van der Waals surface area contributed by atoms with Crippen LogP contribution in [0.4, 0.5) is 33.3 Å². The van der Waals surface area contributed by atoms with Gasteiger partial charge in [-0.1, -0.05) is 0 Å². The molecule has 1 N–H and O–H groups in total. The molecule has 12 heteroatoms. The Morgan fingerprint density at radius 1 is 1.16 bits per heavy atom. The predicted molar refractivity (Wildman–Crippen MR) is 73.2 cm³/mol. The maximum atomic E-state index is 13.6. The summed E-state index contributed by atoms with van der Waals surface area (Å²) in [7, 11) is 0. The second-order valence-corrected chi connectivity index (χ2v) is 4.93. The normalized spacial score (nSPS) is 12.1. The molecule has 2 aromatic rings. The number of aromatic nitrogens is 2. The van der Waals surface area contributed by atoms with Crippen molar-refractivity contribution >= 4 is 17.3 Å². The Balaban J connectivity index is 2.36. The van der Waals surface area contributed by atoms with Crippen molar-refractivity contribution in [3.05, 3.63) is 51.1 Å². The summed E-state index contributed by atoms with van der Waals surface area (Å²) in [6, 6.07) is -1.33. The molecule has 7 nitrogen and oxygen atoms in total. The van der Waals surface area contributed by atoms with Crippen LogP contribution in [0, 0.1) is 46.1 Å². The zero-order valence-electron chi connectivity index (χ0n) is 12.6. The van der Waals surface area contributed by atoms with Gasteiger partial charge in [0.2, 0.25) is 11.7 Å². The standard InChI is InChI=1S/C13H9F5N4O3/c1-4-6(22(24)25)3-19-21(4)5(2)13(23)20-12-10(17)8(15)7(14)9(16)11(12)18/h3,5H,1-2H3,(H,20,23). The van der Waals surface area contributed by atoms with E-state index in [9.17, 15) is 36.9 Å². The van der Waals surface area contributed by atoms with Gasteiger partial charge in [0.1, 0.15) is 23.6 Å². The van der Waals surface area contributed by atoms with Gasteiger partial charge in [-0.15, -0.1) is 0 Å². The third-order valence-electron chi connectivity index (χ3n) is 3.42. The second-order valence-electron chi connectivity index (χ2n) is 4.93. The molecule has 0 bridgehead atoms. The SMILES string of the molecule is Cc1c([N+](=O)[O-])cnn1C(C)C(=O)Nc1c(F)c(F)c(F)c(F)c1F. The number of amides is 1. The van der Waals surface area contributed by atoms with Crippen LogP contribution in [0.25, 0.3) is 0 Å². The van der Waals surface area contributed by atoms with Gasteiger partial charge >= 0.3 is 5.69 Å². The van der Waals surface area contributed by atoms with Gasteiger partial charge in [-0.25, -0.2) is 22.0 Å². The summed E-state index contributed by atoms with van der Waals surface area (Å²) in [5.74, 6) is -12.4. The van der Waals surface area contributed by atoms with Crippen LogP contribution in [-0.2, 0) is 4.79 Å². The van der Waals surface area contributed by atoms with E-state index < -0.39 is 57.3 Å². The highest BCUT2D eigenvalue weighted by Gasteiger charge is 2.29. The van der Waals surface area contributed by atoms with E-state index in [4.69, 9.17) is 0 Å². The van der Waals surface area contributed by atoms with E-state index >= 15 is 0 Å². The molecule has 1 heterocycles. The van der Waals surface area contributed by atoms with Gasteiger partial charge in [-0.05, 0) is 13.8 Å². The van der Waals surface area contributed by atoms with Crippen LogP contribution < -0.4 is 5.32 Å². The molecule has 0 saturated heterocycles. The molecule has 0 spiro atoms. The summed E-state index contributed by atoms with van der Waals surface area (Å²) in [6.45, 7) is 2.44. The smallest absolute Gasteiger partial charge is 0.309 e. The van der Waals surface area contributed by atoms with E-state index in [1.165, 1.54) is 13.8 Å². The van der Waals surface area contributed by atoms with Gasteiger partial charge in [-0.2, -0.15) is 5.10 Å². The van der Waals surface area contributed by atoms with Crippen molar-refractivity contribution in [3.63, 3.8) is 0 Å². The molecule has 134 valence electrons. The molecule has 0 saturated carbocycles. The highest BCUT2D eigenvalue weighted by molar-refractivity contribution is 5.93. The molecule has 1 amide bonds. The van der Waals surface area contributed by atoms with Gasteiger partial charge in [0.15, 0.2) is 23.3 Å². The van der Waals surface area contributed by atoms with Gasteiger partial charge in [0, 0.05) is 0 Å². The maximum Gasteiger partial charge on any atom is 0.309 e. The number of anilines is 1. The van der Waals surface area contributed by atoms with Crippen LogP contribution in [0.3, 0.4) is 0 Å². The average Bonchev–Trinajstić information content (AvgIpc) is 2.95. The third kappa shape index (κ3) is 3.02. The molecule has 0 fully saturated rings. The average molecular weight is 364 g/mol. The number of hydrogen-bond acceptors (Lipinski definition) is 4. The quantitative estimate of drug-likeness (QED) is 0.297. The molecule has 0 radical (unpaired) electrons. The number of halogens is 5. The van der Waals surface area contributed by atoms with Crippen molar-refractivity contribution in [2.75, 3.05) is 5.32 Å². The minimum absolute atomic E-state index is 0.0370. The summed E-state index contributed by atoms with van der Waals surface area (Å²) in [4.78, 5) is 22.0. The Kier molecular flexibility index (Phi) is 4.72. The second kappa shape index (κ2) is 6.45. The zero-order chi connectivity index (χ0) is 19.0. The Morgan fingerprint density at radius 2 is 1.64 bits per heavy atom. The van der Waals surface area contributed by atoms with Gasteiger partial charge in [0.05, 0.1) is 4.92 Å². The maximum absolute atomic E-state index is 13.6. The first kappa shape index (κ1) is 18.3. The number of hydrogen-bond donors (Lipinski definition) is 1. The van der Waals surface area contributed by atoms with Crippen molar-refractivity contribution in [1.29, 1.82) is 0 Å². The molecule has 1 aromatic heterocycles. The molecule has 1 unspecified atom stereocenters. The fourth-order valence-electron chi connectivity index (χ4n) is 2.04. The topological polar surface area (TPSA) is 90.1 Å². The molecule has 1 aromatic carbocycles. The first-order valence-electron chi connectivity index (χ1n) is 6.58. The van der Waals surface area contributed by atoms with E-state index in [0.717, 1.165) is 10.9 Å². The predicted octanol–water partition coefficient (Wildman–Crippen LogP) is 2.99. The van der Waals surface area contributed by atoms with Crippen molar-refractivity contribution < 1.29 is 31.7 Å². The van der Waals surface area contributed by atoms with Crippen LogP contribution in [-0.4, -0.2) is 20.6 Å². The fourth-order valence-corrected chi connectivity index (χ4v) is 2.04. The highest BCUT2D eigenvalue weighted by Crippen LogP contribution is 2.28. The Labute approximate surface area is 136 Å². The molecule has 2 rings (SSSR count). The Bertz CT molecular complexity index is 854. The molecule has 0 aliphatic carbocycles.